The number of ketones is 1. The molecule has 0 fully saturated rings. The summed E-state index contributed by atoms with van der Waals surface area (Å²) in [5.74, 6) is -0.599. The zero-order chi connectivity index (χ0) is 19.4. The Hall–Kier alpha value is -3.91. The fourth-order valence-electron chi connectivity index (χ4n) is 2.75. The zero-order valence-corrected chi connectivity index (χ0v) is 14.5. The van der Waals surface area contributed by atoms with Crippen molar-refractivity contribution in [2.75, 3.05) is 0 Å². The Bertz CT molecular complexity index is 1090. The van der Waals surface area contributed by atoms with Crippen LogP contribution in [0.15, 0.2) is 70.7 Å². The van der Waals surface area contributed by atoms with Crippen molar-refractivity contribution in [3.05, 3.63) is 88.7 Å². The summed E-state index contributed by atoms with van der Waals surface area (Å²) in [6, 6.07) is 18.7. The summed E-state index contributed by atoms with van der Waals surface area (Å²) in [5.41, 5.74) is 1.79. The van der Waals surface area contributed by atoms with Gasteiger partial charge in [-0.05, 0) is 30.7 Å². The van der Waals surface area contributed by atoms with Gasteiger partial charge >= 0.3 is 5.97 Å². The standard InChI is InChI=1S/C22H15NO4/c1-14-18(8-5-9-19(14)22(25)26)20-11-10-17(27-20)12-16(13-23)21(24)15-6-3-2-4-7-15/h2-12H,1H3,(H,25,26)/b16-12+. The Morgan fingerprint density at radius 2 is 1.78 bits per heavy atom. The van der Waals surface area contributed by atoms with Gasteiger partial charge in [-0.3, -0.25) is 4.79 Å². The van der Waals surface area contributed by atoms with Crippen LogP contribution in [0, 0.1) is 18.3 Å². The number of Topliss-reactive ketones (excluding diaryl/α,β-unsaturated/α-hetero) is 1. The van der Waals surface area contributed by atoms with E-state index in [0.29, 0.717) is 28.2 Å². The van der Waals surface area contributed by atoms with E-state index in [1.807, 2.05) is 6.07 Å². The van der Waals surface area contributed by atoms with Gasteiger partial charge in [-0.25, -0.2) is 4.79 Å². The maximum atomic E-state index is 12.4. The number of nitrogens with zero attached hydrogens (tertiary/aromatic N) is 1. The summed E-state index contributed by atoms with van der Waals surface area (Å²) in [6.45, 7) is 1.70. The lowest BCUT2D eigenvalue weighted by molar-refractivity contribution is 0.0696. The number of hydrogen-bond acceptors (Lipinski definition) is 4. The van der Waals surface area contributed by atoms with Gasteiger partial charge in [0.2, 0.25) is 5.78 Å². The fourth-order valence-corrected chi connectivity index (χ4v) is 2.75. The molecule has 132 valence electrons. The number of aromatic carboxylic acids is 1. The first kappa shape index (κ1) is 17.9. The Balaban J connectivity index is 1.95. The lowest BCUT2D eigenvalue weighted by atomic mass is 10.0. The van der Waals surface area contributed by atoms with Gasteiger partial charge in [0.15, 0.2) is 0 Å². The van der Waals surface area contributed by atoms with Crippen molar-refractivity contribution in [3.8, 4) is 17.4 Å². The van der Waals surface area contributed by atoms with E-state index in [0.717, 1.165) is 0 Å². The van der Waals surface area contributed by atoms with E-state index in [1.165, 1.54) is 12.1 Å². The Labute approximate surface area is 155 Å². The van der Waals surface area contributed by atoms with E-state index in [4.69, 9.17) is 4.42 Å². The number of nitriles is 1. The Morgan fingerprint density at radius 3 is 2.44 bits per heavy atom. The average molecular weight is 357 g/mol. The molecule has 5 heteroatoms. The van der Waals surface area contributed by atoms with Crippen molar-refractivity contribution in [3.63, 3.8) is 0 Å². The van der Waals surface area contributed by atoms with Crippen molar-refractivity contribution >= 4 is 17.8 Å². The Kier molecular flexibility index (Phi) is 5.00. The summed E-state index contributed by atoms with van der Waals surface area (Å²) in [5, 5.41) is 18.6. The molecule has 0 spiro atoms. The third-order valence-electron chi connectivity index (χ3n) is 4.14. The smallest absolute Gasteiger partial charge is 0.335 e. The van der Waals surface area contributed by atoms with Gasteiger partial charge in [0.1, 0.15) is 23.2 Å². The van der Waals surface area contributed by atoms with Crippen LogP contribution in [0.2, 0.25) is 0 Å². The molecular weight excluding hydrogens is 342 g/mol. The highest BCUT2D eigenvalue weighted by atomic mass is 16.4. The van der Waals surface area contributed by atoms with Gasteiger partial charge in [0, 0.05) is 17.2 Å². The molecule has 1 aromatic heterocycles. The summed E-state index contributed by atoms with van der Waals surface area (Å²) in [7, 11) is 0. The van der Waals surface area contributed by atoms with Gasteiger partial charge in [0.05, 0.1) is 5.56 Å². The van der Waals surface area contributed by atoms with E-state index in [2.05, 4.69) is 0 Å². The number of carboxylic acid groups (broad SMARTS) is 1. The molecule has 0 atom stereocenters. The lowest BCUT2D eigenvalue weighted by Crippen LogP contribution is -2.01. The summed E-state index contributed by atoms with van der Waals surface area (Å²) < 4.78 is 5.73. The van der Waals surface area contributed by atoms with Crippen LogP contribution in [0.4, 0.5) is 0 Å². The molecule has 0 radical (unpaired) electrons. The first-order chi connectivity index (χ1) is 13.0. The van der Waals surface area contributed by atoms with Crippen molar-refractivity contribution in [2.45, 2.75) is 6.92 Å². The van der Waals surface area contributed by atoms with Crippen LogP contribution in [0.5, 0.6) is 0 Å². The molecule has 0 unspecified atom stereocenters. The lowest BCUT2D eigenvalue weighted by Gasteiger charge is -2.05. The molecule has 0 amide bonds. The largest absolute Gasteiger partial charge is 0.478 e. The normalized spacial score (nSPS) is 11.0. The maximum Gasteiger partial charge on any atom is 0.335 e. The minimum Gasteiger partial charge on any atom is -0.478 e. The van der Waals surface area contributed by atoms with Crippen molar-refractivity contribution < 1.29 is 19.1 Å². The first-order valence-electron chi connectivity index (χ1n) is 8.16. The summed E-state index contributed by atoms with van der Waals surface area (Å²) in [6.07, 6.45) is 1.38. The quantitative estimate of drug-likeness (QED) is 0.404. The number of furan rings is 1. The molecule has 0 saturated heterocycles. The second-order valence-corrected chi connectivity index (χ2v) is 5.85. The van der Waals surface area contributed by atoms with Crippen LogP contribution in [0.3, 0.4) is 0 Å². The van der Waals surface area contributed by atoms with Gasteiger partial charge < -0.3 is 9.52 Å². The average Bonchev–Trinajstić information content (AvgIpc) is 3.14. The SMILES string of the molecule is Cc1c(C(=O)O)cccc1-c1ccc(/C=C(\C#N)C(=O)c2ccccc2)o1. The van der Waals surface area contributed by atoms with E-state index in [1.54, 1.807) is 61.5 Å². The van der Waals surface area contributed by atoms with Crippen molar-refractivity contribution in [1.29, 1.82) is 5.26 Å². The number of carbonyl (C=O) groups is 2. The molecule has 0 bridgehead atoms. The molecule has 2 aromatic carbocycles. The molecule has 0 aliphatic carbocycles. The van der Waals surface area contributed by atoms with Gasteiger partial charge in [0.25, 0.3) is 0 Å². The first-order valence-corrected chi connectivity index (χ1v) is 8.16. The summed E-state index contributed by atoms with van der Waals surface area (Å²) >= 11 is 0. The number of rotatable bonds is 5. The van der Waals surface area contributed by atoms with Gasteiger partial charge in [-0.1, -0.05) is 42.5 Å². The highest BCUT2D eigenvalue weighted by Gasteiger charge is 2.15. The van der Waals surface area contributed by atoms with Crippen LogP contribution in [0.1, 0.15) is 32.0 Å². The van der Waals surface area contributed by atoms with E-state index in [9.17, 15) is 20.0 Å². The second kappa shape index (κ2) is 7.54. The predicted molar refractivity (Wildman–Crippen MR) is 100 cm³/mol. The number of hydrogen-bond donors (Lipinski definition) is 1. The highest BCUT2D eigenvalue weighted by Crippen LogP contribution is 2.28. The van der Waals surface area contributed by atoms with E-state index >= 15 is 0 Å². The number of carboxylic acids is 1. The molecule has 0 aliphatic heterocycles. The van der Waals surface area contributed by atoms with Crippen LogP contribution < -0.4 is 0 Å². The molecule has 3 rings (SSSR count). The molecular formula is C22H15NO4. The molecule has 1 N–H and O–H groups in total. The zero-order valence-electron chi connectivity index (χ0n) is 14.5. The van der Waals surface area contributed by atoms with E-state index < -0.39 is 5.97 Å². The topological polar surface area (TPSA) is 91.3 Å². The molecule has 0 saturated carbocycles. The predicted octanol–water partition coefficient (Wildman–Crippen LogP) is 4.74. The maximum absolute atomic E-state index is 12.4. The fraction of sp³-hybridized carbons (Fsp3) is 0.0455. The number of carbonyl (C=O) groups excluding carboxylic acids is 1. The van der Waals surface area contributed by atoms with Crippen molar-refractivity contribution in [2.24, 2.45) is 0 Å². The monoisotopic (exact) mass is 357 g/mol. The van der Waals surface area contributed by atoms with Crippen molar-refractivity contribution in [1.82, 2.24) is 0 Å². The third-order valence-corrected chi connectivity index (χ3v) is 4.14. The van der Waals surface area contributed by atoms with Crippen LogP contribution >= 0.6 is 0 Å². The van der Waals surface area contributed by atoms with Gasteiger partial charge in [-0.2, -0.15) is 5.26 Å². The summed E-state index contributed by atoms with van der Waals surface area (Å²) in [4.78, 5) is 23.7. The molecule has 0 aliphatic rings. The molecule has 3 aromatic rings. The number of allylic oxidation sites excluding steroid dienone is 1. The molecule has 27 heavy (non-hydrogen) atoms. The number of benzene rings is 2. The van der Waals surface area contributed by atoms with E-state index in [-0.39, 0.29) is 16.9 Å². The minimum absolute atomic E-state index is 0.0434. The van der Waals surface area contributed by atoms with Crippen LogP contribution in [-0.2, 0) is 0 Å². The molecule has 5 nitrogen and oxygen atoms in total. The van der Waals surface area contributed by atoms with Crippen LogP contribution in [0.25, 0.3) is 17.4 Å². The molecule has 1 heterocycles. The minimum atomic E-state index is -1.01. The van der Waals surface area contributed by atoms with Gasteiger partial charge in [-0.15, -0.1) is 0 Å². The Morgan fingerprint density at radius 1 is 1.04 bits per heavy atom. The third kappa shape index (κ3) is 3.70. The van der Waals surface area contributed by atoms with Crippen LogP contribution in [-0.4, -0.2) is 16.9 Å². The second-order valence-electron chi connectivity index (χ2n) is 5.85. The highest BCUT2D eigenvalue weighted by molar-refractivity contribution is 6.13.